The predicted octanol–water partition coefficient (Wildman–Crippen LogP) is 0.928. The Morgan fingerprint density at radius 1 is 1.50 bits per heavy atom. The molecule has 0 N–H and O–H groups in total. The van der Waals surface area contributed by atoms with E-state index in [1.165, 1.54) is 19.4 Å². The molecule has 0 spiro atoms. The Bertz CT molecular complexity index is 654. The second-order valence-electron chi connectivity index (χ2n) is 5.98. The molecule has 7 nitrogen and oxygen atoms in total. The zero-order valence-electron chi connectivity index (χ0n) is 13.1. The summed E-state index contributed by atoms with van der Waals surface area (Å²) >= 11 is 0. The van der Waals surface area contributed by atoms with Crippen molar-refractivity contribution >= 4 is 11.6 Å². The Labute approximate surface area is 129 Å². The van der Waals surface area contributed by atoms with Crippen LogP contribution in [0.4, 0.5) is 0 Å². The zero-order chi connectivity index (χ0) is 15.5. The van der Waals surface area contributed by atoms with E-state index in [1.54, 1.807) is 22.8 Å². The molecule has 1 fully saturated rings. The van der Waals surface area contributed by atoms with Gasteiger partial charge in [0, 0.05) is 31.9 Å². The number of carbonyl (C=O) groups excluding carboxylic acids is 1. The molecule has 2 aromatic rings. The Balaban J connectivity index is 1.65. The topological polar surface area (TPSA) is 66.6 Å². The Morgan fingerprint density at radius 2 is 2.36 bits per heavy atom. The lowest BCUT2D eigenvalue weighted by Crippen LogP contribution is -2.41. The molecule has 0 unspecified atom stereocenters. The summed E-state index contributed by atoms with van der Waals surface area (Å²) in [4.78, 5) is 16.8. The van der Waals surface area contributed by atoms with E-state index in [2.05, 4.69) is 27.3 Å². The van der Waals surface area contributed by atoms with Crippen LogP contribution in [0, 0.1) is 5.92 Å². The number of rotatable bonds is 4. The highest BCUT2D eigenvalue weighted by Crippen LogP contribution is 2.18. The van der Waals surface area contributed by atoms with Crippen molar-refractivity contribution in [3.8, 4) is 0 Å². The molecule has 118 valence electrons. The molecule has 2 aromatic heterocycles. The van der Waals surface area contributed by atoms with Gasteiger partial charge in [0.05, 0.1) is 0 Å². The highest BCUT2D eigenvalue weighted by atomic mass is 16.2. The molecule has 0 bridgehead atoms. The lowest BCUT2D eigenvalue weighted by molar-refractivity contribution is 0.0732. The van der Waals surface area contributed by atoms with Crippen LogP contribution in [0.15, 0.2) is 18.3 Å². The van der Waals surface area contributed by atoms with E-state index in [1.807, 2.05) is 11.9 Å². The van der Waals surface area contributed by atoms with Gasteiger partial charge in [-0.05, 0) is 54.4 Å². The molecule has 0 radical (unpaired) electrons. The second-order valence-corrected chi connectivity index (χ2v) is 5.98. The van der Waals surface area contributed by atoms with E-state index in [4.69, 9.17) is 0 Å². The van der Waals surface area contributed by atoms with Gasteiger partial charge in [-0.1, -0.05) is 6.92 Å². The summed E-state index contributed by atoms with van der Waals surface area (Å²) < 4.78 is 1.55. The van der Waals surface area contributed by atoms with Crippen LogP contribution in [0.25, 0.3) is 5.65 Å². The van der Waals surface area contributed by atoms with Gasteiger partial charge in [-0.3, -0.25) is 4.79 Å². The number of carbonyl (C=O) groups is 1. The number of fused-ring (bicyclic) bond motifs is 1. The number of nitrogens with zero attached hydrogens (tertiary/aromatic N) is 6. The fraction of sp³-hybridized carbons (Fsp3) is 0.600. The summed E-state index contributed by atoms with van der Waals surface area (Å²) in [6, 6.07) is 3.50. The van der Waals surface area contributed by atoms with E-state index in [-0.39, 0.29) is 5.91 Å². The minimum Gasteiger partial charge on any atom is -0.341 e. The van der Waals surface area contributed by atoms with Gasteiger partial charge < -0.3 is 9.80 Å². The lowest BCUT2D eigenvalue weighted by Gasteiger charge is -2.34. The third-order valence-electron chi connectivity index (χ3n) is 4.37. The van der Waals surface area contributed by atoms with E-state index in [0.29, 0.717) is 17.1 Å². The van der Waals surface area contributed by atoms with Gasteiger partial charge in [-0.15, -0.1) is 5.10 Å². The molecular weight excluding hydrogens is 280 g/mol. The zero-order valence-corrected chi connectivity index (χ0v) is 13.1. The SMILES string of the molecule is CCN1CCC[C@@H](CN(C)C(=O)c2ccn3nnnc3c2)C1. The molecule has 1 aliphatic rings. The van der Waals surface area contributed by atoms with Gasteiger partial charge in [0.2, 0.25) is 0 Å². The number of aromatic nitrogens is 4. The fourth-order valence-electron chi connectivity index (χ4n) is 3.15. The Kier molecular flexibility index (Phi) is 4.33. The standard InChI is InChI=1S/C15H22N6O/c1-3-20-7-4-5-12(11-20)10-19(2)15(22)13-6-8-21-14(9-13)16-17-18-21/h6,8-9,12H,3-5,7,10-11H2,1-2H3/t12-/m0/s1. The average molecular weight is 302 g/mol. The van der Waals surface area contributed by atoms with Crippen LogP contribution in [0.2, 0.25) is 0 Å². The molecule has 0 aromatic carbocycles. The molecule has 7 heteroatoms. The predicted molar refractivity (Wildman–Crippen MR) is 82.6 cm³/mol. The van der Waals surface area contributed by atoms with Gasteiger partial charge in [-0.2, -0.15) is 0 Å². The first-order valence-electron chi connectivity index (χ1n) is 7.83. The van der Waals surface area contributed by atoms with Gasteiger partial charge in [0.1, 0.15) is 0 Å². The quantitative estimate of drug-likeness (QED) is 0.840. The minimum absolute atomic E-state index is 0.0270. The highest BCUT2D eigenvalue weighted by molar-refractivity contribution is 5.94. The summed E-state index contributed by atoms with van der Waals surface area (Å²) in [6.07, 6.45) is 4.13. The molecular formula is C15H22N6O. The molecule has 3 heterocycles. The van der Waals surface area contributed by atoms with E-state index < -0.39 is 0 Å². The number of amides is 1. The molecule has 1 aliphatic heterocycles. The van der Waals surface area contributed by atoms with Gasteiger partial charge in [0.15, 0.2) is 5.65 Å². The van der Waals surface area contributed by atoms with Gasteiger partial charge in [-0.25, -0.2) is 4.52 Å². The lowest BCUT2D eigenvalue weighted by atomic mass is 9.97. The van der Waals surface area contributed by atoms with Crippen LogP contribution < -0.4 is 0 Å². The molecule has 1 amide bonds. The van der Waals surface area contributed by atoms with Crippen LogP contribution in [0.1, 0.15) is 30.1 Å². The maximum atomic E-state index is 12.6. The molecule has 1 atom stereocenters. The Hall–Kier alpha value is -2.02. The first-order valence-corrected chi connectivity index (χ1v) is 7.83. The van der Waals surface area contributed by atoms with Crippen LogP contribution in [-0.4, -0.2) is 69.0 Å². The summed E-state index contributed by atoms with van der Waals surface area (Å²) in [6.45, 7) is 6.34. The average Bonchev–Trinajstić information content (AvgIpc) is 3.01. The number of pyridine rings is 1. The fourth-order valence-corrected chi connectivity index (χ4v) is 3.15. The molecule has 0 aliphatic carbocycles. The van der Waals surface area contributed by atoms with Gasteiger partial charge >= 0.3 is 0 Å². The van der Waals surface area contributed by atoms with E-state index >= 15 is 0 Å². The molecule has 1 saturated heterocycles. The maximum absolute atomic E-state index is 12.6. The number of likely N-dealkylation sites (tertiary alicyclic amines) is 1. The monoisotopic (exact) mass is 302 g/mol. The summed E-state index contributed by atoms with van der Waals surface area (Å²) in [5.74, 6) is 0.584. The van der Waals surface area contributed by atoms with E-state index in [0.717, 1.165) is 19.6 Å². The van der Waals surface area contributed by atoms with Crippen LogP contribution in [0.5, 0.6) is 0 Å². The largest absolute Gasteiger partial charge is 0.341 e. The third-order valence-corrected chi connectivity index (χ3v) is 4.37. The maximum Gasteiger partial charge on any atom is 0.253 e. The number of hydrogen-bond donors (Lipinski definition) is 0. The molecule has 0 saturated carbocycles. The van der Waals surface area contributed by atoms with Crippen molar-refractivity contribution in [1.29, 1.82) is 0 Å². The van der Waals surface area contributed by atoms with Gasteiger partial charge in [0.25, 0.3) is 5.91 Å². The van der Waals surface area contributed by atoms with Crippen molar-refractivity contribution in [2.45, 2.75) is 19.8 Å². The third kappa shape index (κ3) is 3.09. The normalized spacial score (nSPS) is 19.5. The number of hydrogen-bond acceptors (Lipinski definition) is 5. The van der Waals surface area contributed by atoms with Crippen LogP contribution >= 0.6 is 0 Å². The van der Waals surface area contributed by atoms with Crippen LogP contribution in [-0.2, 0) is 0 Å². The van der Waals surface area contributed by atoms with Crippen molar-refractivity contribution in [2.75, 3.05) is 33.2 Å². The molecule has 3 rings (SSSR count). The molecule has 22 heavy (non-hydrogen) atoms. The van der Waals surface area contributed by atoms with Crippen LogP contribution in [0.3, 0.4) is 0 Å². The van der Waals surface area contributed by atoms with Crippen molar-refractivity contribution in [1.82, 2.24) is 29.8 Å². The Morgan fingerprint density at radius 3 is 3.18 bits per heavy atom. The second kappa shape index (κ2) is 6.39. The summed E-state index contributed by atoms with van der Waals surface area (Å²) in [5, 5.41) is 11.3. The van der Waals surface area contributed by atoms with E-state index in [9.17, 15) is 4.79 Å². The first kappa shape index (κ1) is 14.9. The number of piperidine rings is 1. The minimum atomic E-state index is 0.0270. The van der Waals surface area contributed by atoms with Crippen molar-refractivity contribution in [2.24, 2.45) is 5.92 Å². The summed E-state index contributed by atoms with van der Waals surface area (Å²) in [7, 11) is 1.87. The smallest absolute Gasteiger partial charge is 0.253 e. The van der Waals surface area contributed by atoms with Crippen molar-refractivity contribution in [3.63, 3.8) is 0 Å². The first-order chi connectivity index (χ1) is 10.7. The van der Waals surface area contributed by atoms with Crippen molar-refractivity contribution in [3.05, 3.63) is 23.9 Å². The number of tetrazole rings is 1. The summed E-state index contributed by atoms with van der Waals surface area (Å²) in [5.41, 5.74) is 1.22. The van der Waals surface area contributed by atoms with Crippen molar-refractivity contribution < 1.29 is 4.79 Å². The highest BCUT2D eigenvalue weighted by Gasteiger charge is 2.22.